The summed E-state index contributed by atoms with van der Waals surface area (Å²) in [5.74, 6) is 1.43. The van der Waals surface area contributed by atoms with Crippen molar-refractivity contribution in [2.45, 2.75) is 44.6 Å². The Morgan fingerprint density at radius 3 is 2.57 bits per heavy atom. The van der Waals surface area contributed by atoms with Crippen molar-refractivity contribution in [2.24, 2.45) is 5.92 Å². The maximum absolute atomic E-state index is 12.7. The molecular weight excluding hydrogens is 372 g/mol. The monoisotopic (exact) mass is 402 g/mol. The Labute approximate surface area is 168 Å². The average molecular weight is 403 g/mol. The number of nitrogens with zero attached hydrogens (tertiary/aromatic N) is 1. The molecule has 0 spiro atoms. The van der Waals surface area contributed by atoms with Crippen molar-refractivity contribution in [3.8, 4) is 5.75 Å². The second kappa shape index (κ2) is 8.97. The van der Waals surface area contributed by atoms with Crippen molar-refractivity contribution in [1.82, 2.24) is 4.72 Å². The second-order valence-corrected chi connectivity index (χ2v) is 9.28. The molecule has 0 amide bonds. The van der Waals surface area contributed by atoms with Gasteiger partial charge in [-0.3, -0.25) is 0 Å². The molecule has 0 unspecified atom stereocenters. The maximum Gasteiger partial charge on any atom is 0.240 e. The van der Waals surface area contributed by atoms with E-state index in [2.05, 4.69) is 28.7 Å². The maximum atomic E-state index is 12.7. The first kappa shape index (κ1) is 20.7. The van der Waals surface area contributed by atoms with E-state index in [1.807, 2.05) is 19.1 Å². The van der Waals surface area contributed by atoms with Gasteiger partial charge in [-0.15, -0.1) is 0 Å². The van der Waals surface area contributed by atoms with Crippen LogP contribution < -0.4 is 14.4 Å². The summed E-state index contributed by atoms with van der Waals surface area (Å²) in [5.41, 5.74) is 3.04. The van der Waals surface area contributed by atoms with Crippen molar-refractivity contribution in [1.29, 1.82) is 0 Å². The molecule has 0 saturated carbocycles. The van der Waals surface area contributed by atoms with Gasteiger partial charge in [0.15, 0.2) is 0 Å². The fraction of sp³-hybridized carbons (Fsp3) is 0.455. The Balaban J connectivity index is 1.66. The fourth-order valence-corrected chi connectivity index (χ4v) is 4.78. The average Bonchev–Trinajstić information content (AvgIpc) is 2.72. The first-order valence-electron chi connectivity index (χ1n) is 9.93. The third kappa shape index (κ3) is 4.86. The molecule has 152 valence electrons. The molecule has 1 atom stereocenters. The lowest BCUT2D eigenvalue weighted by atomic mass is 9.99. The first-order chi connectivity index (χ1) is 13.4. The van der Waals surface area contributed by atoms with Crippen LogP contribution in [0.1, 0.15) is 37.8 Å². The number of hydrogen-bond donors (Lipinski definition) is 1. The lowest BCUT2D eigenvalue weighted by molar-refractivity contribution is 0.409. The number of sulfonamides is 1. The van der Waals surface area contributed by atoms with Crippen molar-refractivity contribution in [3.05, 3.63) is 53.6 Å². The molecule has 0 bridgehead atoms. The number of ether oxygens (including phenoxy) is 1. The normalized spacial score (nSPS) is 17.5. The zero-order valence-electron chi connectivity index (χ0n) is 16.9. The van der Waals surface area contributed by atoms with Gasteiger partial charge in [-0.2, -0.15) is 0 Å². The predicted octanol–water partition coefficient (Wildman–Crippen LogP) is 3.97. The van der Waals surface area contributed by atoms with Gasteiger partial charge in [-0.25, -0.2) is 13.1 Å². The molecule has 28 heavy (non-hydrogen) atoms. The second-order valence-electron chi connectivity index (χ2n) is 7.51. The van der Waals surface area contributed by atoms with Crippen LogP contribution in [0, 0.1) is 5.92 Å². The van der Waals surface area contributed by atoms with Gasteiger partial charge < -0.3 is 9.64 Å². The Kier molecular flexibility index (Phi) is 6.62. The van der Waals surface area contributed by atoms with Gasteiger partial charge >= 0.3 is 0 Å². The van der Waals surface area contributed by atoms with Gasteiger partial charge in [-0.05, 0) is 66.6 Å². The first-order valence-corrected chi connectivity index (χ1v) is 11.4. The van der Waals surface area contributed by atoms with E-state index in [0.29, 0.717) is 12.2 Å². The number of hydrogen-bond acceptors (Lipinski definition) is 4. The smallest absolute Gasteiger partial charge is 0.240 e. The number of anilines is 1. The zero-order valence-corrected chi connectivity index (χ0v) is 17.8. The van der Waals surface area contributed by atoms with Gasteiger partial charge in [0.1, 0.15) is 5.75 Å². The standard InChI is InChI=1S/C22H30N2O3S/c1-4-19-14-21(11-12-22(19)27-3)28(25,26)23-15-18-7-9-20(10-8-18)24-13-5-6-17(2)16-24/h7-12,14,17,23H,4-6,13,15-16H2,1-3H3/t17-/m1/s1. The molecule has 5 nitrogen and oxygen atoms in total. The molecule has 0 aromatic heterocycles. The van der Waals surface area contributed by atoms with E-state index in [1.165, 1.54) is 18.5 Å². The molecule has 2 aromatic carbocycles. The summed E-state index contributed by atoms with van der Waals surface area (Å²) in [5, 5.41) is 0. The highest BCUT2D eigenvalue weighted by Crippen LogP contribution is 2.24. The van der Waals surface area contributed by atoms with Crippen molar-refractivity contribution in [2.75, 3.05) is 25.1 Å². The number of rotatable bonds is 7. The van der Waals surface area contributed by atoms with Crippen LogP contribution in [0.4, 0.5) is 5.69 Å². The van der Waals surface area contributed by atoms with Gasteiger partial charge in [-0.1, -0.05) is 26.0 Å². The number of piperidine rings is 1. The molecule has 0 aliphatic carbocycles. The van der Waals surface area contributed by atoms with E-state index in [-0.39, 0.29) is 11.4 Å². The Morgan fingerprint density at radius 1 is 1.18 bits per heavy atom. The molecule has 1 aliphatic heterocycles. The SMILES string of the molecule is CCc1cc(S(=O)(=O)NCc2ccc(N3CCC[C@@H](C)C3)cc2)ccc1OC. The molecule has 2 aromatic rings. The highest BCUT2D eigenvalue weighted by Gasteiger charge is 2.18. The minimum absolute atomic E-state index is 0.268. The van der Waals surface area contributed by atoms with Crippen LogP contribution >= 0.6 is 0 Å². The van der Waals surface area contributed by atoms with E-state index in [1.54, 1.807) is 25.3 Å². The molecular formula is C22H30N2O3S. The molecule has 1 aliphatic rings. The largest absolute Gasteiger partial charge is 0.496 e. The molecule has 1 heterocycles. The van der Waals surface area contributed by atoms with Crippen LogP contribution in [0.2, 0.25) is 0 Å². The van der Waals surface area contributed by atoms with Crippen LogP contribution in [0.15, 0.2) is 47.4 Å². The number of benzene rings is 2. The van der Waals surface area contributed by atoms with E-state index in [9.17, 15) is 8.42 Å². The summed E-state index contributed by atoms with van der Waals surface area (Å²) in [7, 11) is -1.98. The third-order valence-electron chi connectivity index (χ3n) is 5.37. The Morgan fingerprint density at radius 2 is 1.93 bits per heavy atom. The molecule has 6 heteroatoms. The molecule has 3 rings (SSSR count). The summed E-state index contributed by atoms with van der Waals surface area (Å²) in [4.78, 5) is 2.68. The van der Waals surface area contributed by atoms with E-state index in [4.69, 9.17) is 4.74 Å². The highest BCUT2D eigenvalue weighted by molar-refractivity contribution is 7.89. The Bertz CT molecular complexity index is 894. The van der Waals surface area contributed by atoms with E-state index >= 15 is 0 Å². The van der Waals surface area contributed by atoms with Crippen molar-refractivity contribution < 1.29 is 13.2 Å². The third-order valence-corrected chi connectivity index (χ3v) is 6.77. The van der Waals surface area contributed by atoms with Crippen LogP contribution in [0.5, 0.6) is 5.75 Å². The molecule has 1 N–H and O–H groups in total. The molecule has 0 radical (unpaired) electrons. The van der Waals surface area contributed by atoms with Crippen molar-refractivity contribution >= 4 is 15.7 Å². The van der Waals surface area contributed by atoms with Crippen LogP contribution in [-0.4, -0.2) is 28.6 Å². The number of nitrogens with one attached hydrogen (secondary N) is 1. The quantitative estimate of drug-likeness (QED) is 0.761. The number of aryl methyl sites for hydroxylation is 1. The van der Waals surface area contributed by atoms with Crippen molar-refractivity contribution in [3.63, 3.8) is 0 Å². The van der Waals surface area contributed by atoms with Gasteiger partial charge in [0.05, 0.1) is 12.0 Å². The van der Waals surface area contributed by atoms with E-state index in [0.717, 1.165) is 30.1 Å². The van der Waals surface area contributed by atoms with Gasteiger partial charge in [0.25, 0.3) is 0 Å². The predicted molar refractivity (Wildman–Crippen MR) is 113 cm³/mol. The summed E-state index contributed by atoms with van der Waals surface area (Å²) in [6.07, 6.45) is 3.23. The topological polar surface area (TPSA) is 58.6 Å². The summed E-state index contributed by atoms with van der Waals surface area (Å²) < 4.78 is 33.3. The van der Waals surface area contributed by atoms with Gasteiger partial charge in [0.2, 0.25) is 10.0 Å². The minimum Gasteiger partial charge on any atom is -0.496 e. The van der Waals surface area contributed by atoms with E-state index < -0.39 is 10.0 Å². The lowest BCUT2D eigenvalue weighted by Gasteiger charge is -2.32. The summed E-state index contributed by atoms with van der Waals surface area (Å²) in [6, 6.07) is 13.2. The van der Waals surface area contributed by atoms with Crippen LogP contribution in [0.25, 0.3) is 0 Å². The highest BCUT2D eigenvalue weighted by atomic mass is 32.2. The van der Waals surface area contributed by atoms with Crippen LogP contribution in [-0.2, 0) is 23.0 Å². The number of methoxy groups -OCH3 is 1. The molecule has 1 saturated heterocycles. The fourth-order valence-electron chi connectivity index (χ4n) is 3.71. The summed E-state index contributed by atoms with van der Waals surface area (Å²) >= 11 is 0. The van der Waals surface area contributed by atoms with Gasteiger partial charge in [0, 0.05) is 25.3 Å². The summed E-state index contributed by atoms with van der Waals surface area (Å²) in [6.45, 7) is 6.72. The Hall–Kier alpha value is -2.05. The molecule has 1 fully saturated rings. The zero-order chi connectivity index (χ0) is 20.1. The minimum atomic E-state index is -3.57. The lowest BCUT2D eigenvalue weighted by Crippen LogP contribution is -2.34. The van der Waals surface area contributed by atoms with Crippen LogP contribution in [0.3, 0.4) is 0 Å².